The molecule has 0 aliphatic heterocycles. The minimum Gasteiger partial charge on any atom is -0.463 e. The van der Waals surface area contributed by atoms with Crippen molar-refractivity contribution in [3.63, 3.8) is 0 Å². The molecule has 0 fully saturated rings. The Balaban J connectivity index is 3.10. The van der Waals surface area contributed by atoms with Crippen LogP contribution in [0.3, 0.4) is 0 Å². The van der Waals surface area contributed by atoms with Gasteiger partial charge >= 0.3 is 0 Å². The smallest absolute Gasteiger partial charge is 0.258 e. The van der Waals surface area contributed by atoms with Gasteiger partial charge in [-0.2, -0.15) is 4.40 Å². The monoisotopic (exact) mass is 229 g/mol. The van der Waals surface area contributed by atoms with Gasteiger partial charge < -0.3 is 4.42 Å². The second-order valence-corrected chi connectivity index (χ2v) is 6.60. The summed E-state index contributed by atoms with van der Waals surface area (Å²) in [5.41, 5.74) is 0.370. The molecule has 0 radical (unpaired) electrons. The first kappa shape index (κ1) is 12.0. The van der Waals surface area contributed by atoms with E-state index in [1.54, 1.807) is 39.8 Å². The SMILES string of the molecule is C/C(=N\S(=O)(=O)C(C)(C)C)c1ccco1. The van der Waals surface area contributed by atoms with E-state index < -0.39 is 14.8 Å². The molecule has 0 spiro atoms. The lowest BCUT2D eigenvalue weighted by molar-refractivity contribution is 0.553. The molecule has 0 saturated carbocycles. The Bertz CT molecular complexity index is 449. The second kappa shape index (κ2) is 3.81. The van der Waals surface area contributed by atoms with Gasteiger partial charge in [0.05, 0.1) is 16.7 Å². The number of furan rings is 1. The predicted molar refractivity (Wildman–Crippen MR) is 59.6 cm³/mol. The molecule has 84 valence electrons. The van der Waals surface area contributed by atoms with Gasteiger partial charge in [-0.1, -0.05) is 0 Å². The molecule has 0 saturated heterocycles. The largest absolute Gasteiger partial charge is 0.463 e. The van der Waals surface area contributed by atoms with Crippen LogP contribution in [0, 0.1) is 0 Å². The van der Waals surface area contributed by atoms with Crippen molar-refractivity contribution < 1.29 is 12.8 Å². The molecule has 4 nitrogen and oxygen atoms in total. The normalized spacial score (nSPS) is 14.3. The lowest BCUT2D eigenvalue weighted by atomic mass is 10.3. The third-order valence-electron chi connectivity index (χ3n) is 1.91. The molecule has 0 bridgehead atoms. The van der Waals surface area contributed by atoms with Crippen molar-refractivity contribution in [3.05, 3.63) is 24.2 Å². The van der Waals surface area contributed by atoms with Crippen LogP contribution in [0.5, 0.6) is 0 Å². The zero-order valence-corrected chi connectivity index (χ0v) is 10.1. The number of rotatable bonds is 2. The molecule has 5 heteroatoms. The Labute approximate surface area is 90.1 Å². The van der Waals surface area contributed by atoms with Crippen LogP contribution in [-0.4, -0.2) is 18.9 Å². The third-order valence-corrected chi connectivity index (χ3v) is 3.97. The first-order valence-electron chi connectivity index (χ1n) is 4.59. The maximum absolute atomic E-state index is 11.7. The van der Waals surface area contributed by atoms with Gasteiger partial charge in [0.2, 0.25) is 0 Å². The second-order valence-electron chi connectivity index (χ2n) is 4.24. The maximum atomic E-state index is 11.7. The summed E-state index contributed by atoms with van der Waals surface area (Å²) in [5, 5.41) is 0. The molecule has 0 aliphatic rings. The van der Waals surface area contributed by atoms with Crippen molar-refractivity contribution in [2.45, 2.75) is 32.4 Å². The van der Waals surface area contributed by atoms with Crippen molar-refractivity contribution in [1.29, 1.82) is 0 Å². The molecule has 1 aromatic rings. The molecular formula is C10H15NO3S. The zero-order chi connectivity index (χ0) is 11.7. The van der Waals surface area contributed by atoms with Gasteiger partial charge in [0.1, 0.15) is 5.76 Å². The molecule has 0 N–H and O–H groups in total. The lowest BCUT2D eigenvalue weighted by Crippen LogP contribution is -2.26. The topological polar surface area (TPSA) is 59.6 Å². The fourth-order valence-electron chi connectivity index (χ4n) is 0.847. The van der Waals surface area contributed by atoms with E-state index in [9.17, 15) is 8.42 Å². The van der Waals surface area contributed by atoms with Crippen LogP contribution in [0.1, 0.15) is 33.5 Å². The summed E-state index contributed by atoms with van der Waals surface area (Å²) in [4.78, 5) is 0. The highest BCUT2D eigenvalue weighted by Gasteiger charge is 2.28. The van der Waals surface area contributed by atoms with E-state index in [1.807, 2.05) is 0 Å². The molecule has 0 aromatic carbocycles. The van der Waals surface area contributed by atoms with Crippen LogP contribution in [-0.2, 0) is 10.0 Å². The summed E-state index contributed by atoms with van der Waals surface area (Å²) in [6, 6.07) is 3.37. The first-order chi connectivity index (χ1) is 6.74. The van der Waals surface area contributed by atoms with Crippen LogP contribution in [0.15, 0.2) is 27.2 Å². The first-order valence-corrected chi connectivity index (χ1v) is 6.03. The van der Waals surface area contributed by atoms with Crippen LogP contribution < -0.4 is 0 Å². The summed E-state index contributed by atoms with van der Waals surface area (Å²) in [6.45, 7) is 6.45. The number of hydrogen-bond donors (Lipinski definition) is 0. The van der Waals surface area contributed by atoms with E-state index in [4.69, 9.17) is 4.42 Å². The summed E-state index contributed by atoms with van der Waals surface area (Å²) < 4.78 is 31.3. The molecule has 0 unspecified atom stereocenters. The molecule has 1 rings (SSSR count). The van der Waals surface area contributed by atoms with Crippen molar-refractivity contribution in [3.8, 4) is 0 Å². The molecule has 1 aromatic heterocycles. The van der Waals surface area contributed by atoms with Gasteiger partial charge in [-0.3, -0.25) is 0 Å². The molecular weight excluding hydrogens is 214 g/mol. The Hall–Kier alpha value is -1.10. The fraction of sp³-hybridized carbons (Fsp3) is 0.500. The van der Waals surface area contributed by atoms with E-state index in [1.165, 1.54) is 6.26 Å². The molecule has 0 aliphatic carbocycles. The molecule has 0 amide bonds. The van der Waals surface area contributed by atoms with E-state index in [0.717, 1.165) is 0 Å². The van der Waals surface area contributed by atoms with Gasteiger partial charge in [-0.15, -0.1) is 0 Å². The average Bonchev–Trinajstić information content (AvgIpc) is 2.51. The molecule has 15 heavy (non-hydrogen) atoms. The summed E-state index contributed by atoms with van der Waals surface area (Å²) >= 11 is 0. The lowest BCUT2D eigenvalue weighted by Gasteiger charge is -2.15. The highest BCUT2D eigenvalue weighted by atomic mass is 32.2. The fourth-order valence-corrected chi connectivity index (χ4v) is 1.57. The average molecular weight is 229 g/mol. The Morgan fingerprint density at radius 2 is 2.00 bits per heavy atom. The van der Waals surface area contributed by atoms with Crippen LogP contribution in [0.25, 0.3) is 0 Å². The van der Waals surface area contributed by atoms with E-state index in [0.29, 0.717) is 11.5 Å². The van der Waals surface area contributed by atoms with E-state index >= 15 is 0 Å². The van der Waals surface area contributed by atoms with Crippen molar-refractivity contribution >= 4 is 15.7 Å². The number of sulfonamides is 1. The van der Waals surface area contributed by atoms with Crippen molar-refractivity contribution in [1.82, 2.24) is 0 Å². The minimum atomic E-state index is -3.50. The maximum Gasteiger partial charge on any atom is 0.258 e. The quantitative estimate of drug-likeness (QED) is 0.730. The van der Waals surface area contributed by atoms with Crippen LogP contribution >= 0.6 is 0 Å². The van der Waals surface area contributed by atoms with Gasteiger partial charge in [0.15, 0.2) is 0 Å². The van der Waals surface area contributed by atoms with Crippen LogP contribution in [0.4, 0.5) is 0 Å². The number of nitrogens with zero attached hydrogens (tertiary/aromatic N) is 1. The molecule has 1 heterocycles. The summed E-state index contributed by atoms with van der Waals surface area (Å²) in [6.07, 6.45) is 1.48. The minimum absolute atomic E-state index is 0.370. The summed E-state index contributed by atoms with van der Waals surface area (Å²) in [7, 11) is -3.50. The predicted octanol–water partition coefficient (Wildman–Crippen LogP) is 2.22. The number of hydrogen-bond acceptors (Lipinski definition) is 3. The Morgan fingerprint density at radius 3 is 2.40 bits per heavy atom. The Kier molecular flexibility index (Phi) is 3.04. The van der Waals surface area contributed by atoms with Crippen molar-refractivity contribution in [2.24, 2.45) is 4.40 Å². The van der Waals surface area contributed by atoms with E-state index in [2.05, 4.69) is 4.40 Å². The van der Waals surface area contributed by atoms with Gasteiger partial charge in [0.25, 0.3) is 10.0 Å². The standard InChI is InChI=1S/C10H15NO3S/c1-8(9-6-5-7-14-9)11-15(12,13)10(2,3)4/h5-7H,1-4H3/b11-8+. The van der Waals surface area contributed by atoms with Gasteiger partial charge in [0, 0.05) is 0 Å². The van der Waals surface area contributed by atoms with Crippen LogP contribution in [0.2, 0.25) is 0 Å². The molecule has 0 atom stereocenters. The van der Waals surface area contributed by atoms with Crippen molar-refractivity contribution in [2.75, 3.05) is 0 Å². The Morgan fingerprint density at radius 1 is 1.40 bits per heavy atom. The van der Waals surface area contributed by atoms with Gasteiger partial charge in [-0.05, 0) is 39.8 Å². The highest BCUT2D eigenvalue weighted by Crippen LogP contribution is 2.18. The summed E-state index contributed by atoms with van der Waals surface area (Å²) in [5.74, 6) is 0.475. The third kappa shape index (κ3) is 2.68. The van der Waals surface area contributed by atoms with Gasteiger partial charge in [-0.25, -0.2) is 8.42 Å². The van der Waals surface area contributed by atoms with E-state index in [-0.39, 0.29) is 0 Å². The zero-order valence-electron chi connectivity index (χ0n) is 9.31. The highest BCUT2D eigenvalue weighted by molar-refractivity contribution is 7.91.